The van der Waals surface area contributed by atoms with Gasteiger partial charge in [-0.2, -0.15) is 23.4 Å². The number of thiophene rings is 1. The van der Waals surface area contributed by atoms with E-state index in [4.69, 9.17) is 5.73 Å². The summed E-state index contributed by atoms with van der Waals surface area (Å²) in [5.41, 5.74) is 7.44. The highest BCUT2D eigenvalue weighted by molar-refractivity contribution is 7.21. The summed E-state index contributed by atoms with van der Waals surface area (Å²) in [4.78, 5) is 30.1. The van der Waals surface area contributed by atoms with E-state index in [1.165, 1.54) is 10.9 Å². The Kier molecular flexibility index (Phi) is 6.81. The number of amides is 2. The van der Waals surface area contributed by atoms with Crippen LogP contribution in [-0.4, -0.2) is 36.4 Å². The van der Waals surface area contributed by atoms with Gasteiger partial charge in [0.15, 0.2) is 0 Å². The molecule has 0 saturated carbocycles. The fourth-order valence-electron chi connectivity index (χ4n) is 4.76. The lowest BCUT2D eigenvalue weighted by atomic mass is 10.0. The summed E-state index contributed by atoms with van der Waals surface area (Å²) >= 11 is 0.675. The molecule has 6 rings (SSSR count). The largest absolute Gasteiger partial charge is 0.433 e. The van der Waals surface area contributed by atoms with Crippen molar-refractivity contribution < 1.29 is 22.8 Å². The molecule has 0 aliphatic rings. The third-order valence-electron chi connectivity index (χ3n) is 6.97. The Morgan fingerprint density at radius 2 is 1.67 bits per heavy atom. The van der Waals surface area contributed by atoms with Gasteiger partial charge < -0.3 is 11.1 Å². The van der Waals surface area contributed by atoms with Crippen molar-refractivity contribution in [3.8, 4) is 28.1 Å². The van der Waals surface area contributed by atoms with E-state index in [9.17, 15) is 22.8 Å². The number of fused-ring (bicyclic) bond motifs is 1. The first-order chi connectivity index (χ1) is 20.5. The molecule has 9 nitrogen and oxygen atoms in total. The van der Waals surface area contributed by atoms with Crippen molar-refractivity contribution in [2.45, 2.75) is 13.1 Å². The van der Waals surface area contributed by atoms with Crippen LogP contribution in [0.4, 0.5) is 18.9 Å². The number of hydrogen-bond donors (Lipinski definition) is 2. The molecule has 0 fully saturated rings. The van der Waals surface area contributed by atoms with Crippen molar-refractivity contribution in [2.24, 2.45) is 12.8 Å². The molecule has 216 valence electrons. The van der Waals surface area contributed by atoms with Crippen molar-refractivity contribution in [1.29, 1.82) is 0 Å². The summed E-state index contributed by atoms with van der Waals surface area (Å²) in [6, 6.07) is 19.1. The number of hydrogen-bond acceptors (Lipinski definition) is 6. The van der Waals surface area contributed by atoms with Crippen molar-refractivity contribution in [3.05, 3.63) is 101 Å². The fraction of sp³-hybridized carbons (Fsp3) is 0.100. The third kappa shape index (κ3) is 5.03. The van der Waals surface area contributed by atoms with Crippen LogP contribution in [0.1, 0.15) is 31.4 Å². The Bertz CT molecular complexity index is 2010. The van der Waals surface area contributed by atoms with E-state index < -0.39 is 23.7 Å². The van der Waals surface area contributed by atoms with Crippen LogP contribution in [0.25, 0.3) is 38.3 Å². The Labute approximate surface area is 246 Å². The van der Waals surface area contributed by atoms with Crippen molar-refractivity contribution in [3.63, 3.8) is 0 Å². The SMILES string of the molecule is Cc1c(-c2cc(C(F)(F)F)nc3sc(C(N)=O)c(NC(=O)c4cn(-c5ccccc5)nc4-c4ccccc4)c23)cnn1C. The van der Waals surface area contributed by atoms with Gasteiger partial charge in [0.25, 0.3) is 11.8 Å². The normalized spacial score (nSPS) is 11.7. The van der Waals surface area contributed by atoms with Gasteiger partial charge in [0.1, 0.15) is 21.1 Å². The van der Waals surface area contributed by atoms with Crippen LogP contribution in [0, 0.1) is 6.92 Å². The molecule has 4 aromatic heterocycles. The van der Waals surface area contributed by atoms with Gasteiger partial charge in [-0.15, -0.1) is 11.3 Å². The van der Waals surface area contributed by atoms with Gasteiger partial charge in [0.2, 0.25) is 0 Å². The number of primary amides is 1. The number of para-hydroxylation sites is 1. The maximum atomic E-state index is 14.0. The molecule has 0 aliphatic carbocycles. The second kappa shape index (κ2) is 10.5. The molecule has 0 saturated heterocycles. The zero-order valence-corrected chi connectivity index (χ0v) is 23.5. The zero-order chi connectivity index (χ0) is 30.5. The lowest BCUT2D eigenvalue weighted by Gasteiger charge is -2.12. The number of nitrogens with one attached hydrogen (secondary N) is 1. The minimum absolute atomic E-state index is 0.0385. The quantitative estimate of drug-likeness (QED) is 0.235. The van der Waals surface area contributed by atoms with Gasteiger partial charge in [0.05, 0.1) is 23.1 Å². The highest BCUT2D eigenvalue weighted by Gasteiger charge is 2.35. The van der Waals surface area contributed by atoms with E-state index in [1.54, 1.807) is 37.0 Å². The van der Waals surface area contributed by atoms with Crippen molar-refractivity contribution in [2.75, 3.05) is 5.32 Å². The smallest absolute Gasteiger partial charge is 0.365 e. The maximum absolute atomic E-state index is 14.0. The molecule has 13 heteroatoms. The second-order valence-corrected chi connectivity index (χ2v) is 10.7. The van der Waals surface area contributed by atoms with E-state index in [0.717, 1.165) is 6.07 Å². The second-order valence-electron chi connectivity index (χ2n) is 9.66. The van der Waals surface area contributed by atoms with Crippen LogP contribution in [0.3, 0.4) is 0 Å². The molecule has 2 aromatic carbocycles. The molecule has 0 spiro atoms. The predicted octanol–water partition coefficient (Wildman–Crippen LogP) is 6.23. The summed E-state index contributed by atoms with van der Waals surface area (Å²) in [6.07, 6.45) is -1.79. The van der Waals surface area contributed by atoms with E-state index in [0.29, 0.717) is 39.5 Å². The molecule has 0 aliphatic heterocycles. The number of nitrogens with two attached hydrogens (primary N) is 1. The number of alkyl halides is 3. The number of halogens is 3. The van der Waals surface area contributed by atoms with Crippen molar-refractivity contribution in [1.82, 2.24) is 24.5 Å². The predicted molar refractivity (Wildman–Crippen MR) is 157 cm³/mol. The average molecular weight is 602 g/mol. The van der Waals surface area contributed by atoms with Crippen LogP contribution in [0.5, 0.6) is 0 Å². The molecular weight excluding hydrogens is 579 g/mol. The lowest BCUT2D eigenvalue weighted by Crippen LogP contribution is -2.17. The molecule has 0 bridgehead atoms. The van der Waals surface area contributed by atoms with E-state index in [2.05, 4.69) is 20.5 Å². The molecule has 2 amide bonds. The van der Waals surface area contributed by atoms with Gasteiger partial charge >= 0.3 is 6.18 Å². The number of rotatable bonds is 6. The Hall–Kier alpha value is -5.30. The minimum Gasteiger partial charge on any atom is -0.365 e. The summed E-state index contributed by atoms with van der Waals surface area (Å²) in [5, 5.41) is 11.7. The van der Waals surface area contributed by atoms with Crippen LogP contribution >= 0.6 is 11.3 Å². The number of nitrogens with zero attached hydrogens (tertiary/aromatic N) is 5. The molecule has 43 heavy (non-hydrogen) atoms. The van der Waals surface area contributed by atoms with Gasteiger partial charge in [-0.3, -0.25) is 14.3 Å². The van der Waals surface area contributed by atoms with Gasteiger partial charge in [-0.1, -0.05) is 48.5 Å². The minimum atomic E-state index is -4.77. The van der Waals surface area contributed by atoms with Crippen LogP contribution in [-0.2, 0) is 13.2 Å². The van der Waals surface area contributed by atoms with Crippen molar-refractivity contribution >= 4 is 39.1 Å². The Morgan fingerprint density at radius 3 is 2.28 bits per heavy atom. The summed E-state index contributed by atoms with van der Waals surface area (Å²) < 4.78 is 44.8. The zero-order valence-electron chi connectivity index (χ0n) is 22.7. The first kappa shape index (κ1) is 27.8. The molecule has 0 radical (unpaired) electrons. The summed E-state index contributed by atoms with van der Waals surface area (Å²) in [6.45, 7) is 1.70. The fourth-order valence-corrected chi connectivity index (χ4v) is 5.76. The molecule has 3 N–H and O–H groups in total. The van der Waals surface area contributed by atoms with Crippen LogP contribution in [0.15, 0.2) is 79.1 Å². The number of pyridine rings is 1. The average Bonchev–Trinajstić information content (AvgIpc) is 3.69. The highest BCUT2D eigenvalue weighted by Crippen LogP contribution is 2.44. The van der Waals surface area contributed by atoms with E-state index >= 15 is 0 Å². The standard InChI is InChI=1S/C30H22F3N7O2S/c1-16-20(14-35-39(16)2)19-13-22(30(31,32)33)36-29-23(19)25(26(43-29)27(34)41)37-28(42)21-15-40(18-11-7-4-8-12-18)38-24(21)17-9-5-3-6-10-17/h3-15H,1-2H3,(H2,34,41)(H,37,42). The van der Waals surface area contributed by atoms with Crippen LogP contribution in [0.2, 0.25) is 0 Å². The molecule has 4 heterocycles. The molecule has 6 aromatic rings. The molecule has 0 atom stereocenters. The number of aromatic nitrogens is 5. The highest BCUT2D eigenvalue weighted by atomic mass is 32.1. The maximum Gasteiger partial charge on any atom is 0.433 e. The van der Waals surface area contributed by atoms with Gasteiger partial charge in [-0.25, -0.2) is 9.67 Å². The third-order valence-corrected chi connectivity index (χ3v) is 8.07. The lowest BCUT2D eigenvalue weighted by molar-refractivity contribution is -0.140. The van der Waals surface area contributed by atoms with Gasteiger partial charge in [0, 0.05) is 35.5 Å². The number of anilines is 1. The summed E-state index contributed by atoms with van der Waals surface area (Å²) in [5.74, 6) is -1.57. The topological polar surface area (TPSA) is 121 Å². The first-order valence-electron chi connectivity index (χ1n) is 12.9. The first-order valence-corrected chi connectivity index (χ1v) is 13.7. The van der Waals surface area contributed by atoms with Gasteiger partial charge in [-0.05, 0) is 30.7 Å². The number of carbonyl (C=O) groups is 2. The molecular formula is C30H22F3N7O2S. The van der Waals surface area contributed by atoms with E-state index in [1.807, 2.05) is 48.5 Å². The number of benzene rings is 2. The number of aryl methyl sites for hydroxylation is 1. The monoisotopic (exact) mass is 601 g/mol. The number of carbonyl (C=O) groups excluding carboxylic acids is 2. The van der Waals surface area contributed by atoms with E-state index in [-0.39, 0.29) is 31.9 Å². The van der Waals surface area contributed by atoms with Crippen LogP contribution < -0.4 is 11.1 Å². The molecule has 0 unspecified atom stereocenters. The Morgan fingerprint density at radius 1 is 1.00 bits per heavy atom. The summed E-state index contributed by atoms with van der Waals surface area (Å²) in [7, 11) is 1.66. The Balaban J connectivity index is 1.55.